The highest BCUT2D eigenvalue weighted by Crippen LogP contribution is 2.54. The molecule has 3 aliphatic heterocycles. The molecular weight excluding hydrogens is 408 g/mol. The lowest BCUT2D eigenvalue weighted by Crippen LogP contribution is -2.46. The summed E-state index contributed by atoms with van der Waals surface area (Å²) in [7, 11) is 1.96. The van der Waals surface area contributed by atoms with E-state index in [0.29, 0.717) is 17.1 Å². The number of ether oxygens (including phenoxy) is 2. The van der Waals surface area contributed by atoms with Gasteiger partial charge >= 0.3 is 0 Å². The second kappa shape index (κ2) is 7.06. The lowest BCUT2D eigenvalue weighted by atomic mass is 9.81. The Morgan fingerprint density at radius 1 is 1.09 bits per heavy atom. The highest BCUT2D eigenvalue weighted by Gasteiger charge is 2.64. The monoisotopic (exact) mass is 434 g/mol. The van der Waals surface area contributed by atoms with Gasteiger partial charge in [0.05, 0.1) is 18.4 Å². The predicted octanol–water partition coefficient (Wildman–Crippen LogP) is 2.27. The van der Waals surface area contributed by atoms with Crippen LogP contribution in [-0.4, -0.2) is 46.8 Å². The van der Waals surface area contributed by atoms with Crippen LogP contribution in [-0.2, 0) is 16.1 Å². The number of nitrogens with zero attached hydrogens (tertiary/aromatic N) is 2. The molecule has 8 heteroatoms. The van der Waals surface area contributed by atoms with Crippen LogP contribution in [0, 0.1) is 17.2 Å². The normalized spacial score (nSPS) is 26.0. The van der Waals surface area contributed by atoms with Crippen molar-refractivity contribution < 1.29 is 19.1 Å². The van der Waals surface area contributed by atoms with E-state index in [2.05, 4.69) is 4.90 Å². The lowest BCUT2D eigenvalue weighted by molar-refractivity contribution is -0.143. The molecule has 32 heavy (non-hydrogen) atoms. The van der Waals surface area contributed by atoms with Gasteiger partial charge in [0.25, 0.3) is 0 Å². The van der Waals surface area contributed by atoms with Crippen LogP contribution >= 0.6 is 0 Å². The fourth-order valence-electron chi connectivity index (χ4n) is 5.30. The van der Waals surface area contributed by atoms with Gasteiger partial charge in [-0.15, -0.1) is 0 Å². The van der Waals surface area contributed by atoms with Crippen LogP contribution in [0.15, 0.2) is 42.5 Å². The number of hydrogen-bond acceptors (Lipinski definition) is 6. The molecule has 2 amide bonds. The van der Waals surface area contributed by atoms with Crippen molar-refractivity contribution >= 4 is 17.6 Å². The number of nitrogens with two attached hydrogens (primary N) is 1. The minimum atomic E-state index is -0.495. The summed E-state index contributed by atoms with van der Waals surface area (Å²) < 4.78 is 10.8. The molecule has 0 spiro atoms. The van der Waals surface area contributed by atoms with E-state index in [0.717, 1.165) is 11.1 Å². The molecule has 0 unspecified atom stereocenters. The molecule has 0 radical (unpaired) electrons. The molecule has 3 N–H and O–H groups in total. The Labute approximate surface area is 186 Å². The first-order valence-electron chi connectivity index (χ1n) is 10.6. The minimum absolute atomic E-state index is 0.00319. The smallest absolute Gasteiger partial charge is 0.235 e. The van der Waals surface area contributed by atoms with Gasteiger partial charge in [-0.05, 0) is 44.2 Å². The summed E-state index contributed by atoms with van der Waals surface area (Å²) >= 11 is 0. The van der Waals surface area contributed by atoms with Crippen LogP contribution in [0.4, 0.5) is 0 Å². The molecule has 2 fully saturated rings. The second-order valence-electron chi connectivity index (χ2n) is 9.20. The summed E-state index contributed by atoms with van der Waals surface area (Å²) in [5.41, 5.74) is 7.48. The summed E-state index contributed by atoms with van der Waals surface area (Å²) in [4.78, 5) is 30.6. The molecular formula is C24H26N4O4. The zero-order chi connectivity index (χ0) is 22.8. The van der Waals surface area contributed by atoms with Crippen molar-refractivity contribution in [2.24, 2.45) is 17.6 Å². The first-order chi connectivity index (χ1) is 15.2. The lowest BCUT2D eigenvalue weighted by Gasteiger charge is -2.36. The average Bonchev–Trinajstić information content (AvgIpc) is 3.38. The summed E-state index contributed by atoms with van der Waals surface area (Å²) in [5.74, 6) is 0.0858. The Hall–Kier alpha value is -3.39. The number of imide groups is 1. The Bertz CT molecular complexity index is 1130. The number of fused-ring (bicyclic) bond motifs is 2. The number of amidine groups is 1. The average molecular weight is 434 g/mol. The third kappa shape index (κ3) is 2.90. The van der Waals surface area contributed by atoms with Crippen molar-refractivity contribution in [1.29, 1.82) is 5.41 Å². The van der Waals surface area contributed by atoms with Gasteiger partial charge in [-0.25, -0.2) is 0 Å². The van der Waals surface area contributed by atoms with E-state index in [1.165, 1.54) is 4.90 Å². The summed E-state index contributed by atoms with van der Waals surface area (Å²) in [5, 5.41) is 7.62. The number of benzene rings is 2. The van der Waals surface area contributed by atoms with Gasteiger partial charge in [0.2, 0.25) is 18.6 Å². The summed E-state index contributed by atoms with van der Waals surface area (Å²) in [6.45, 7) is 4.42. The van der Waals surface area contributed by atoms with Gasteiger partial charge in [-0.3, -0.25) is 24.8 Å². The Kier molecular flexibility index (Phi) is 4.53. The van der Waals surface area contributed by atoms with Crippen LogP contribution in [0.3, 0.4) is 0 Å². The predicted molar refractivity (Wildman–Crippen MR) is 117 cm³/mol. The molecule has 2 aromatic carbocycles. The highest BCUT2D eigenvalue weighted by atomic mass is 16.7. The van der Waals surface area contributed by atoms with Gasteiger partial charge in [-0.1, -0.05) is 30.3 Å². The van der Waals surface area contributed by atoms with E-state index in [1.54, 1.807) is 18.2 Å². The fourth-order valence-corrected chi connectivity index (χ4v) is 5.30. The van der Waals surface area contributed by atoms with Gasteiger partial charge in [0.1, 0.15) is 5.84 Å². The van der Waals surface area contributed by atoms with E-state index >= 15 is 0 Å². The molecule has 0 bridgehead atoms. The van der Waals surface area contributed by atoms with Crippen molar-refractivity contribution in [3.8, 4) is 11.5 Å². The van der Waals surface area contributed by atoms with Gasteiger partial charge in [-0.2, -0.15) is 0 Å². The van der Waals surface area contributed by atoms with Crippen molar-refractivity contribution in [3.63, 3.8) is 0 Å². The molecule has 166 valence electrons. The molecule has 5 rings (SSSR count). The number of likely N-dealkylation sites (tertiary alicyclic amines) is 2. The van der Waals surface area contributed by atoms with Crippen LogP contribution in [0.5, 0.6) is 11.5 Å². The summed E-state index contributed by atoms with van der Waals surface area (Å²) in [6.07, 6.45) is 0. The number of nitrogen functional groups attached to an aromatic ring is 1. The number of hydrogen-bond donors (Lipinski definition) is 2. The zero-order valence-corrected chi connectivity index (χ0v) is 18.3. The van der Waals surface area contributed by atoms with Crippen molar-refractivity contribution in [2.45, 2.75) is 32.0 Å². The van der Waals surface area contributed by atoms with E-state index in [9.17, 15) is 9.59 Å². The molecule has 3 aliphatic rings. The van der Waals surface area contributed by atoms with Crippen LogP contribution in [0.25, 0.3) is 0 Å². The molecule has 3 atom stereocenters. The van der Waals surface area contributed by atoms with Crippen molar-refractivity contribution in [1.82, 2.24) is 9.80 Å². The van der Waals surface area contributed by atoms with Gasteiger partial charge in [0, 0.05) is 17.1 Å². The second-order valence-corrected chi connectivity index (χ2v) is 9.20. The van der Waals surface area contributed by atoms with E-state index in [4.69, 9.17) is 20.6 Å². The highest BCUT2D eigenvalue weighted by molar-refractivity contribution is 6.06. The Morgan fingerprint density at radius 3 is 2.47 bits per heavy atom. The molecule has 0 aliphatic carbocycles. The number of rotatable bonds is 4. The first kappa shape index (κ1) is 20.5. The molecule has 3 heterocycles. The van der Waals surface area contributed by atoms with E-state index in [-0.39, 0.29) is 37.0 Å². The molecule has 8 nitrogen and oxygen atoms in total. The van der Waals surface area contributed by atoms with Crippen molar-refractivity contribution in [2.75, 3.05) is 13.8 Å². The molecule has 2 saturated heterocycles. The molecule has 0 saturated carbocycles. The topological polar surface area (TPSA) is 109 Å². The minimum Gasteiger partial charge on any atom is -0.454 e. The Morgan fingerprint density at radius 2 is 1.78 bits per heavy atom. The maximum Gasteiger partial charge on any atom is 0.235 e. The van der Waals surface area contributed by atoms with Crippen LogP contribution < -0.4 is 15.2 Å². The SMILES string of the molecule is CN1[C@@H](c2ccc(C(=N)N)cc2)[C@H]2C(=O)N(Cc3ccc4c(c3)OCO4)C(=O)[C@H]2C1(C)C. The third-order valence-electron chi connectivity index (χ3n) is 7.21. The maximum atomic E-state index is 13.6. The van der Waals surface area contributed by atoms with Crippen LogP contribution in [0.1, 0.15) is 36.6 Å². The third-order valence-corrected chi connectivity index (χ3v) is 7.21. The van der Waals surface area contributed by atoms with Gasteiger partial charge < -0.3 is 15.2 Å². The Balaban J connectivity index is 1.47. The number of carbonyl (C=O) groups is 2. The van der Waals surface area contributed by atoms with Gasteiger partial charge in [0.15, 0.2) is 11.5 Å². The van der Waals surface area contributed by atoms with Crippen LogP contribution in [0.2, 0.25) is 0 Å². The van der Waals surface area contributed by atoms with E-state index in [1.807, 2.05) is 45.2 Å². The fraction of sp³-hybridized carbons (Fsp3) is 0.375. The first-order valence-corrected chi connectivity index (χ1v) is 10.6. The quantitative estimate of drug-likeness (QED) is 0.434. The maximum absolute atomic E-state index is 13.6. The largest absolute Gasteiger partial charge is 0.454 e. The zero-order valence-electron chi connectivity index (χ0n) is 18.3. The number of carbonyl (C=O) groups excluding carboxylic acids is 2. The molecule has 2 aromatic rings. The number of nitrogens with one attached hydrogen (secondary N) is 1. The number of amides is 2. The standard InChI is InChI=1S/C24H26N4O4/c1-24(2)19-18(20(27(24)3)14-5-7-15(8-6-14)21(25)26)22(29)28(23(19)30)11-13-4-9-16-17(10-13)32-12-31-16/h4-10,18-20H,11-12H2,1-3H3,(H3,25,26)/t18-,19-,20-/m0/s1. The summed E-state index contributed by atoms with van der Waals surface area (Å²) in [6, 6.07) is 12.6. The van der Waals surface area contributed by atoms with E-state index < -0.39 is 17.4 Å². The van der Waals surface area contributed by atoms with Crippen molar-refractivity contribution in [3.05, 3.63) is 59.2 Å². The molecule has 0 aromatic heterocycles.